The molecule has 0 radical (unpaired) electrons. The smallest absolute Gasteiger partial charge is 0.264 e. The Kier molecular flexibility index (Phi) is 8.23. The Hall–Kier alpha value is -3.03. The lowest BCUT2D eigenvalue weighted by Gasteiger charge is -2.26. The number of carbonyl (C=O) groups excluding carboxylic acids is 1. The standard InChI is InChI=1S/C26H29ClN2O4S/c1-18-5-10-23(11-6-18)34(31,32)29(25-12-7-19(2)15-21(25)4)17-26(30)28-13-14-33-22-9-8-20(3)24(27)16-22/h5-12,15-16H,13-14,17H2,1-4H3,(H,28,30). The Morgan fingerprint density at radius 3 is 2.24 bits per heavy atom. The molecule has 3 rings (SSSR count). The quantitative estimate of drug-likeness (QED) is 0.421. The molecule has 180 valence electrons. The SMILES string of the molecule is Cc1ccc(S(=O)(=O)N(CC(=O)NCCOc2ccc(C)c(Cl)c2)c2ccc(C)cc2C)cc1. The Balaban J connectivity index is 1.73. The first-order chi connectivity index (χ1) is 16.1. The molecule has 0 unspecified atom stereocenters. The third-order valence-electron chi connectivity index (χ3n) is 5.35. The van der Waals surface area contributed by atoms with E-state index in [1.807, 2.05) is 45.9 Å². The molecule has 0 aliphatic rings. The van der Waals surface area contributed by atoms with Gasteiger partial charge in [0.25, 0.3) is 10.0 Å². The van der Waals surface area contributed by atoms with Crippen LogP contribution in [0.2, 0.25) is 5.02 Å². The van der Waals surface area contributed by atoms with Gasteiger partial charge in [-0.15, -0.1) is 0 Å². The lowest BCUT2D eigenvalue weighted by molar-refractivity contribution is -0.119. The number of halogens is 1. The molecule has 1 amide bonds. The zero-order valence-electron chi connectivity index (χ0n) is 19.8. The van der Waals surface area contributed by atoms with Crippen LogP contribution in [0.3, 0.4) is 0 Å². The molecule has 0 bridgehead atoms. The number of hydrogen-bond acceptors (Lipinski definition) is 4. The van der Waals surface area contributed by atoms with Crippen LogP contribution in [0.5, 0.6) is 5.75 Å². The van der Waals surface area contributed by atoms with Crippen LogP contribution >= 0.6 is 11.6 Å². The van der Waals surface area contributed by atoms with Gasteiger partial charge in [0.1, 0.15) is 18.9 Å². The predicted molar refractivity (Wildman–Crippen MR) is 136 cm³/mol. The number of benzene rings is 3. The molecule has 34 heavy (non-hydrogen) atoms. The van der Waals surface area contributed by atoms with Crippen molar-refractivity contribution in [2.45, 2.75) is 32.6 Å². The Bertz CT molecular complexity index is 1270. The number of sulfonamides is 1. The summed E-state index contributed by atoms with van der Waals surface area (Å²) in [6.45, 7) is 7.64. The first-order valence-corrected chi connectivity index (χ1v) is 12.7. The highest BCUT2D eigenvalue weighted by Gasteiger charge is 2.28. The molecule has 0 heterocycles. The molecule has 0 saturated carbocycles. The van der Waals surface area contributed by atoms with E-state index in [0.29, 0.717) is 16.5 Å². The lowest BCUT2D eigenvalue weighted by Crippen LogP contribution is -2.42. The molecule has 6 nitrogen and oxygen atoms in total. The number of nitrogens with one attached hydrogen (secondary N) is 1. The van der Waals surface area contributed by atoms with Crippen LogP contribution in [0, 0.1) is 27.7 Å². The fraction of sp³-hybridized carbons (Fsp3) is 0.269. The van der Waals surface area contributed by atoms with E-state index in [4.69, 9.17) is 16.3 Å². The maximum atomic E-state index is 13.5. The van der Waals surface area contributed by atoms with Gasteiger partial charge in [-0.1, -0.05) is 53.1 Å². The number of rotatable bonds is 9. The maximum Gasteiger partial charge on any atom is 0.264 e. The minimum Gasteiger partial charge on any atom is -0.492 e. The molecule has 8 heteroatoms. The third kappa shape index (κ3) is 6.30. The number of nitrogens with zero attached hydrogens (tertiary/aromatic N) is 1. The van der Waals surface area contributed by atoms with Crippen molar-refractivity contribution in [1.29, 1.82) is 0 Å². The monoisotopic (exact) mass is 500 g/mol. The minimum atomic E-state index is -3.96. The van der Waals surface area contributed by atoms with Gasteiger partial charge in [-0.05, 0) is 69.2 Å². The van der Waals surface area contributed by atoms with Gasteiger partial charge >= 0.3 is 0 Å². The molecule has 3 aromatic rings. The normalized spacial score (nSPS) is 11.2. The summed E-state index contributed by atoms with van der Waals surface area (Å²) in [5, 5.41) is 3.34. The lowest BCUT2D eigenvalue weighted by atomic mass is 10.1. The summed E-state index contributed by atoms with van der Waals surface area (Å²) in [4.78, 5) is 12.9. The van der Waals surface area contributed by atoms with E-state index in [-0.39, 0.29) is 24.6 Å². The average Bonchev–Trinajstić information content (AvgIpc) is 2.78. The summed E-state index contributed by atoms with van der Waals surface area (Å²) in [6, 6.07) is 17.4. The van der Waals surface area contributed by atoms with Crippen LogP contribution in [0.15, 0.2) is 65.6 Å². The van der Waals surface area contributed by atoms with Crippen molar-refractivity contribution in [2.24, 2.45) is 0 Å². The average molecular weight is 501 g/mol. The highest BCUT2D eigenvalue weighted by molar-refractivity contribution is 7.92. The van der Waals surface area contributed by atoms with Gasteiger partial charge in [0.05, 0.1) is 17.1 Å². The largest absolute Gasteiger partial charge is 0.492 e. The third-order valence-corrected chi connectivity index (χ3v) is 7.53. The van der Waals surface area contributed by atoms with Crippen molar-refractivity contribution in [3.63, 3.8) is 0 Å². The van der Waals surface area contributed by atoms with Crippen LogP contribution in [0.25, 0.3) is 0 Å². The van der Waals surface area contributed by atoms with Gasteiger partial charge in [-0.25, -0.2) is 8.42 Å². The first kappa shape index (κ1) is 25.6. The van der Waals surface area contributed by atoms with E-state index in [9.17, 15) is 13.2 Å². The fourth-order valence-corrected chi connectivity index (χ4v) is 5.09. The zero-order chi connectivity index (χ0) is 24.9. The van der Waals surface area contributed by atoms with Crippen LogP contribution in [0.1, 0.15) is 22.3 Å². The van der Waals surface area contributed by atoms with E-state index in [0.717, 1.165) is 26.6 Å². The van der Waals surface area contributed by atoms with Gasteiger partial charge < -0.3 is 10.1 Å². The summed E-state index contributed by atoms with van der Waals surface area (Å²) in [5.74, 6) is 0.171. The van der Waals surface area contributed by atoms with Crippen LogP contribution in [-0.4, -0.2) is 34.0 Å². The number of ether oxygens (including phenoxy) is 1. The summed E-state index contributed by atoms with van der Waals surface area (Å²) in [7, 11) is -3.96. The van der Waals surface area contributed by atoms with Gasteiger partial charge in [0.2, 0.25) is 5.91 Å². The first-order valence-electron chi connectivity index (χ1n) is 10.9. The number of amides is 1. The minimum absolute atomic E-state index is 0.130. The number of anilines is 1. The zero-order valence-corrected chi connectivity index (χ0v) is 21.3. The molecular formula is C26H29ClN2O4S. The van der Waals surface area contributed by atoms with Crippen LogP contribution in [-0.2, 0) is 14.8 Å². The predicted octanol–water partition coefficient (Wildman–Crippen LogP) is 4.96. The highest BCUT2D eigenvalue weighted by Crippen LogP contribution is 2.27. The Morgan fingerprint density at radius 1 is 0.912 bits per heavy atom. The highest BCUT2D eigenvalue weighted by atomic mass is 35.5. The second kappa shape index (κ2) is 10.9. The molecule has 0 fully saturated rings. The van der Waals surface area contributed by atoms with Crippen molar-refractivity contribution >= 4 is 33.2 Å². The van der Waals surface area contributed by atoms with E-state index in [2.05, 4.69) is 5.32 Å². The molecule has 0 spiro atoms. The second-order valence-corrected chi connectivity index (χ2v) is 10.5. The van der Waals surface area contributed by atoms with Crippen molar-refractivity contribution in [3.05, 3.63) is 87.9 Å². The summed E-state index contributed by atoms with van der Waals surface area (Å²) >= 11 is 6.10. The molecule has 0 atom stereocenters. The molecule has 0 aliphatic heterocycles. The van der Waals surface area contributed by atoms with Crippen LogP contribution < -0.4 is 14.4 Å². The maximum absolute atomic E-state index is 13.5. The molecule has 0 aliphatic carbocycles. The second-order valence-electron chi connectivity index (χ2n) is 8.22. The summed E-state index contributed by atoms with van der Waals surface area (Å²) in [5.41, 5.74) is 4.13. The fourth-order valence-electron chi connectivity index (χ4n) is 3.43. The van der Waals surface area contributed by atoms with Gasteiger partial charge in [0.15, 0.2) is 0 Å². The molecular weight excluding hydrogens is 472 g/mol. The van der Waals surface area contributed by atoms with Gasteiger partial charge in [-0.3, -0.25) is 9.10 Å². The number of hydrogen-bond donors (Lipinski definition) is 1. The molecule has 0 saturated heterocycles. The van der Waals surface area contributed by atoms with Gasteiger partial charge in [0, 0.05) is 5.02 Å². The van der Waals surface area contributed by atoms with E-state index in [1.165, 1.54) is 0 Å². The molecule has 3 aromatic carbocycles. The molecule has 0 aromatic heterocycles. The summed E-state index contributed by atoms with van der Waals surface area (Å²) in [6.07, 6.45) is 0. The van der Waals surface area contributed by atoms with E-state index >= 15 is 0 Å². The number of aryl methyl sites for hydroxylation is 4. The van der Waals surface area contributed by atoms with Crippen molar-refractivity contribution < 1.29 is 17.9 Å². The Labute approximate surface area is 206 Å². The van der Waals surface area contributed by atoms with E-state index < -0.39 is 15.9 Å². The van der Waals surface area contributed by atoms with Crippen molar-refractivity contribution in [2.75, 3.05) is 24.0 Å². The topological polar surface area (TPSA) is 75.7 Å². The van der Waals surface area contributed by atoms with Crippen molar-refractivity contribution in [1.82, 2.24) is 5.32 Å². The Morgan fingerprint density at radius 2 is 1.59 bits per heavy atom. The molecule has 1 N–H and O–H groups in total. The number of carbonyl (C=O) groups is 1. The summed E-state index contributed by atoms with van der Waals surface area (Å²) < 4.78 is 33.8. The van der Waals surface area contributed by atoms with Crippen LogP contribution in [0.4, 0.5) is 5.69 Å². The van der Waals surface area contributed by atoms with Gasteiger partial charge in [-0.2, -0.15) is 0 Å². The van der Waals surface area contributed by atoms with E-state index in [1.54, 1.807) is 42.5 Å². The van der Waals surface area contributed by atoms with Crippen molar-refractivity contribution in [3.8, 4) is 5.75 Å².